The smallest absolute Gasteiger partial charge is 0.462 e. The zero-order valence-electron chi connectivity index (χ0n) is 54.9. The highest BCUT2D eigenvalue weighted by Crippen LogP contribution is 2.45. The topological polar surface area (TPSA) is 237 Å². The van der Waals surface area contributed by atoms with Gasteiger partial charge in [0.25, 0.3) is 0 Å². The number of hydrogen-bond donors (Lipinski definition) is 3. The van der Waals surface area contributed by atoms with Crippen LogP contribution in [-0.2, 0) is 65.4 Å². The Morgan fingerprint density at radius 1 is 0.318 bits per heavy atom. The van der Waals surface area contributed by atoms with E-state index in [1.165, 1.54) is 141 Å². The largest absolute Gasteiger partial charge is 0.472 e. The molecule has 0 rings (SSSR count). The number of ether oxygens (including phenoxy) is 4. The molecule has 0 heterocycles. The molecular formula is C66H128O17P2. The number of rotatable bonds is 65. The number of phosphoric acid groups is 2. The van der Waals surface area contributed by atoms with Gasteiger partial charge in [0.1, 0.15) is 19.3 Å². The third-order valence-electron chi connectivity index (χ3n) is 15.2. The maximum absolute atomic E-state index is 13.0. The minimum Gasteiger partial charge on any atom is -0.462 e. The summed E-state index contributed by atoms with van der Waals surface area (Å²) in [4.78, 5) is 72.0. The summed E-state index contributed by atoms with van der Waals surface area (Å²) in [6, 6.07) is 0. The van der Waals surface area contributed by atoms with Gasteiger partial charge in [0.2, 0.25) is 0 Å². The fourth-order valence-corrected chi connectivity index (χ4v) is 11.5. The minimum atomic E-state index is -4.95. The number of hydrogen-bond acceptors (Lipinski definition) is 15. The quantitative estimate of drug-likeness (QED) is 0.0222. The van der Waals surface area contributed by atoms with E-state index in [0.29, 0.717) is 31.6 Å². The van der Waals surface area contributed by atoms with E-state index in [0.717, 1.165) is 102 Å². The van der Waals surface area contributed by atoms with Crippen LogP contribution in [0.2, 0.25) is 0 Å². The molecule has 0 saturated carbocycles. The molecule has 0 aliphatic carbocycles. The van der Waals surface area contributed by atoms with Crippen LogP contribution in [-0.4, -0.2) is 96.7 Å². The Balaban J connectivity index is 5.16. The molecular weight excluding hydrogens is 1130 g/mol. The Bertz CT molecular complexity index is 1670. The number of carbonyl (C=O) groups is 4. The molecule has 0 bridgehead atoms. The second kappa shape index (κ2) is 58.4. The van der Waals surface area contributed by atoms with E-state index in [1.54, 1.807) is 0 Å². The Labute approximate surface area is 517 Å². The van der Waals surface area contributed by atoms with E-state index in [1.807, 2.05) is 0 Å². The Morgan fingerprint density at radius 2 is 0.541 bits per heavy atom. The zero-order chi connectivity index (χ0) is 62.9. The lowest BCUT2D eigenvalue weighted by molar-refractivity contribution is -0.161. The van der Waals surface area contributed by atoms with Gasteiger partial charge in [0.05, 0.1) is 26.4 Å². The molecule has 0 aromatic carbocycles. The predicted octanol–water partition coefficient (Wildman–Crippen LogP) is 18.4. The van der Waals surface area contributed by atoms with Gasteiger partial charge in [0, 0.05) is 25.7 Å². The highest BCUT2D eigenvalue weighted by atomic mass is 31.2. The summed E-state index contributed by atoms with van der Waals surface area (Å²) in [5.41, 5.74) is 0. The first-order chi connectivity index (χ1) is 40.9. The van der Waals surface area contributed by atoms with Crippen molar-refractivity contribution in [3.63, 3.8) is 0 Å². The van der Waals surface area contributed by atoms with Crippen molar-refractivity contribution in [3.05, 3.63) is 0 Å². The van der Waals surface area contributed by atoms with E-state index in [9.17, 15) is 43.2 Å². The first kappa shape index (κ1) is 83.1. The predicted molar refractivity (Wildman–Crippen MR) is 340 cm³/mol. The van der Waals surface area contributed by atoms with Gasteiger partial charge in [-0.05, 0) is 37.5 Å². The third kappa shape index (κ3) is 60.7. The van der Waals surface area contributed by atoms with E-state index < -0.39 is 97.5 Å². The van der Waals surface area contributed by atoms with Crippen molar-refractivity contribution in [1.82, 2.24) is 0 Å². The maximum Gasteiger partial charge on any atom is 0.472 e. The van der Waals surface area contributed by atoms with Crippen molar-refractivity contribution in [3.8, 4) is 0 Å². The second-order valence-electron chi connectivity index (χ2n) is 24.8. The summed E-state index contributed by atoms with van der Waals surface area (Å²) >= 11 is 0. The van der Waals surface area contributed by atoms with Crippen LogP contribution in [0.4, 0.5) is 0 Å². The lowest BCUT2D eigenvalue weighted by Gasteiger charge is -2.21. The van der Waals surface area contributed by atoms with Crippen LogP contribution in [0.25, 0.3) is 0 Å². The van der Waals surface area contributed by atoms with Crippen molar-refractivity contribution in [2.45, 2.75) is 349 Å². The molecule has 0 aliphatic heterocycles. The number of aliphatic hydroxyl groups excluding tert-OH is 1. The van der Waals surface area contributed by atoms with Crippen LogP contribution in [0.1, 0.15) is 330 Å². The average molecular weight is 1260 g/mol. The van der Waals surface area contributed by atoms with Crippen molar-refractivity contribution in [2.24, 2.45) is 11.8 Å². The number of aliphatic hydroxyl groups is 1. The zero-order valence-corrected chi connectivity index (χ0v) is 56.7. The van der Waals surface area contributed by atoms with E-state index in [2.05, 4.69) is 41.5 Å². The second-order valence-corrected chi connectivity index (χ2v) is 27.7. The summed E-state index contributed by atoms with van der Waals surface area (Å²) < 4.78 is 67.9. The summed E-state index contributed by atoms with van der Waals surface area (Å²) in [5.74, 6) is -0.693. The highest BCUT2D eigenvalue weighted by molar-refractivity contribution is 7.47. The van der Waals surface area contributed by atoms with Crippen LogP contribution in [0.3, 0.4) is 0 Å². The van der Waals surface area contributed by atoms with Gasteiger partial charge in [0.15, 0.2) is 12.2 Å². The van der Waals surface area contributed by atoms with E-state index in [-0.39, 0.29) is 25.7 Å². The molecule has 2 unspecified atom stereocenters. The summed E-state index contributed by atoms with van der Waals surface area (Å²) in [6.07, 6.45) is 42.2. The highest BCUT2D eigenvalue weighted by Gasteiger charge is 2.30. The number of esters is 4. The van der Waals surface area contributed by atoms with Crippen LogP contribution < -0.4 is 0 Å². The summed E-state index contributed by atoms with van der Waals surface area (Å²) in [7, 11) is -9.88. The molecule has 19 heteroatoms. The van der Waals surface area contributed by atoms with Crippen LogP contribution >= 0.6 is 15.6 Å². The SMILES string of the molecule is CCCCCCCCCCCCCCCCCCC(=O)O[C@H](COC(=O)CCCCCCCCCCCCCCC(C)C)COP(=O)(O)OC[C@@H](O)COP(=O)(O)OC[C@@H](COC(=O)CCCCCCC)OC(=O)CCCCCCCCC(C)C. The molecule has 0 radical (unpaired) electrons. The first-order valence-corrected chi connectivity index (χ1v) is 37.5. The Kier molecular flexibility index (Phi) is 57.1. The van der Waals surface area contributed by atoms with Gasteiger partial charge >= 0.3 is 39.5 Å². The molecule has 5 atom stereocenters. The normalized spacial score (nSPS) is 14.2. The van der Waals surface area contributed by atoms with Crippen LogP contribution in [0.15, 0.2) is 0 Å². The van der Waals surface area contributed by atoms with Crippen LogP contribution in [0, 0.1) is 11.8 Å². The first-order valence-electron chi connectivity index (χ1n) is 34.5. The molecule has 85 heavy (non-hydrogen) atoms. The standard InChI is InChI=1S/C66H128O17P2/c1-7-9-11-13-14-15-16-17-18-19-20-25-28-31-38-44-50-65(70)82-62(55-77-64(69)49-43-37-30-27-24-22-21-23-26-29-35-40-46-58(3)4)57-81-85(74,75)79-53-60(67)52-78-84(72,73)80-56-61(54-76-63(68)48-42-34-12-10-8-2)83-66(71)51-45-39-33-32-36-41-47-59(5)6/h58-62,67H,7-57H2,1-6H3,(H,72,73)(H,74,75)/t60-,61+,62+/m0/s1. The summed E-state index contributed by atoms with van der Waals surface area (Å²) in [5, 5.41) is 10.5. The Hall–Kier alpha value is -1.94. The van der Waals surface area contributed by atoms with Gasteiger partial charge in [-0.2, -0.15) is 0 Å². The molecule has 0 aliphatic rings. The lowest BCUT2D eigenvalue weighted by atomic mass is 10.0. The third-order valence-corrected chi connectivity index (χ3v) is 17.1. The van der Waals surface area contributed by atoms with Crippen molar-refractivity contribution >= 4 is 39.5 Å². The average Bonchev–Trinajstić information content (AvgIpc) is 3.47. The van der Waals surface area contributed by atoms with E-state index in [4.69, 9.17) is 37.0 Å². The molecule has 0 aromatic rings. The van der Waals surface area contributed by atoms with Gasteiger partial charge in [-0.25, -0.2) is 9.13 Å². The molecule has 0 amide bonds. The van der Waals surface area contributed by atoms with Gasteiger partial charge < -0.3 is 33.8 Å². The van der Waals surface area contributed by atoms with Crippen molar-refractivity contribution in [2.75, 3.05) is 39.6 Å². The fraction of sp³-hybridized carbons (Fsp3) is 0.939. The van der Waals surface area contributed by atoms with Crippen LogP contribution in [0.5, 0.6) is 0 Å². The van der Waals surface area contributed by atoms with Gasteiger partial charge in [-0.15, -0.1) is 0 Å². The van der Waals surface area contributed by atoms with Gasteiger partial charge in [-0.1, -0.05) is 279 Å². The molecule has 0 aromatic heterocycles. The van der Waals surface area contributed by atoms with Gasteiger partial charge in [-0.3, -0.25) is 37.3 Å². The monoisotopic (exact) mass is 1250 g/mol. The molecule has 3 N–H and O–H groups in total. The lowest BCUT2D eigenvalue weighted by Crippen LogP contribution is -2.30. The Morgan fingerprint density at radius 3 is 0.800 bits per heavy atom. The number of carbonyl (C=O) groups excluding carboxylic acids is 4. The van der Waals surface area contributed by atoms with Crippen molar-refractivity contribution in [1.29, 1.82) is 0 Å². The molecule has 0 fully saturated rings. The minimum absolute atomic E-state index is 0.101. The summed E-state index contributed by atoms with van der Waals surface area (Å²) in [6.45, 7) is 9.35. The van der Waals surface area contributed by atoms with Crippen molar-refractivity contribution < 1.29 is 80.2 Å². The molecule has 0 spiro atoms. The molecule has 0 saturated heterocycles. The number of unbranched alkanes of at least 4 members (excludes halogenated alkanes) is 35. The molecule has 504 valence electrons. The number of phosphoric ester groups is 2. The maximum atomic E-state index is 13.0. The van der Waals surface area contributed by atoms with E-state index >= 15 is 0 Å². The fourth-order valence-electron chi connectivity index (χ4n) is 9.88. The molecule has 17 nitrogen and oxygen atoms in total.